The van der Waals surface area contributed by atoms with Crippen molar-refractivity contribution >= 4 is 17.4 Å². The summed E-state index contributed by atoms with van der Waals surface area (Å²) in [7, 11) is 0. The Kier molecular flexibility index (Phi) is 3.56. The molecule has 2 rings (SSSR count). The van der Waals surface area contributed by atoms with Gasteiger partial charge in [0.25, 0.3) is 6.47 Å². The first-order chi connectivity index (χ1) is 7.19. The number of nitrogens with zero attached hydrogens (tertiary/aromatic N) is 2. The predicted octanol–water partition coefficient (Wildman–Crippen LogP) is 1.34. The number of pyridine rings is 2. The molecule has 2 aromatic rings. The van der Waals surface area contributed by atoms with E-state index >= 15 is 0 Å². The highest BCUT2D eigenvalue weighted by molar-refractivity contribution is 5.83. The highest BCUT2D eigenvalue weighted by Crippen LogP contribution is 2.20. The van der Waals surface area contributed by atoms with Crippen LogP contribution in [0.15, 0.2) is 24.5 Å². The van der Waals surface area contributed by atoms with Crippen LogP contribution in [-0.2, 0) is 4.79 Å². The van der Waals surface area contributed by atoms with Crippen molar-refractivity contribution in [2.24, 2.45) is 0 Å². The van der Waals surface area contributed by atoms with Gasteiger partial charge in [-0.05, 0) is 19.1 Å². The third kappa shape index (κ3) is 2.63. The molecule has 2 heterocycles. The maximum Gasteiger partial charge on any atom is 0.290 e. The lowest BCUT2D eigenvalue weighted by atomic mass is 10.2. The topological polar surface area (TPSA) is 83.3 Å². The fraction of sp³-hybridized carbons (Fsp3) is 0.100. The zero-order valence-corrected chi connectivity index (χ0v) is 8.08. The SMILES string of the molecule is Cc1ccc2c(O)cncc2n1.O=CO. The molecule has 0 unspecified atom stereocenters. The van der Waals surface area contributed by atoms with Crippen molar-refractivity contribution in [1.29, 1.82) is 0 Å². The lowest BCUT2D eigenvalue weighted by molar-refractivity contribution is -0.122. The summed E-state index contributed by atoms with van der Waals surface area (Å²) in [6, 6.07) is 3.71. The van der Waals surface area contributed by atoms with E-state index in [9.17, 15) is 5.11 Å². The van der Waals surface area contributed by atoms with E-state index in [1.807, 2.05) is 19.1 Å². The van der Waals surface area contributed by atoms with Crippen LogP contribution >= 0.6 is 0 Å². The van der Waals surface area contributed by atoms with E-state index in [4.69, 9.17) is 9.90 Å². The molecule has 5 nitrogen and oxygen atoms in total. The minimum Gasteiger partial charge on any atom is -0.506 e. The van der Waals surface area contributed by atoms with Crippen molar-refractivity contribution in [2.75, 3.05) is 0 Å². The molecule has 2 aromatic heterocycles. The largest absolute Gasteiger partial charge is 0.506 e. The van der Waals surface area contributed by atoms with E-state index in [0.29, 0.717) is 0 Å². The number of aromatic nitrogens is 2. The number of hydrogen-bond acceptors (Lipinski definition) is 4. The van der Waals surface area contributed by atoms with Crippen LogP contribution in [0.25, 0.3) is 10.9 Å². The number of rotatable bonds is 0. The molecule has 0 aliphatic rings. The van der Waals surface area contributed by atoms with Crippen molar-refractivity contribution in [3.63, 3.8) is 0 Å². The first-order valence-corrected chi connectivity index (χ1v) is 4.17. The molecule has 0 aromatic carbocycles. The van der Waals surface area contributed by atoms with Gasteiger partial charge in [-0.1, -0.05) is 0 Å². The van der Waals surface area contributed by atoms with Crippen LogP contribution in [0.5, 0.6) is 5.75 Å². The lowest BCUT2D eigenvalue weighted by Crippen LogP contribution is -1.84. The molecule has 0 aliphatic carbocycles. The average Bonchev–Trinajstić information content (AvgIpc) is 2.19. The van der Waals surface area contributed by atoms with Crippen molar-refractivity contribution < 1.29 is 15.0 Å². The molecule has 0 atom stereocenters. The Balaban J connectivity index is 0.000000337. The summed E-state index contributed by atoms with van der Waals surface area (Å²) >= 11 is 0. The molecular weight excluding hydrogens is 196 g/mol. The Morgan fingerprint density at radius 2 is 2.00 bits per heavy atom. The Morgan fingerprint density at radius 3 is 2.67 bits per heavy atom. The fourth-order valence-corrected chi connectivity index (χ4v) is 1.14. The first kappa shape index (κ1) is 10.9. The minimum atomic E-state index is -0.250. The van der Waals surface area contributed by atoms with Gasteiger partial charge in [-0.2, -0.15) is 0 Å². The summed E-state index contributed by atoms with van der Waals surface area (Å²) in [6.45, 7) is 1.66. The second kappa shape index (κ2) is 4.90. The number of aryl methyl sites for hydroxylation is 1. The summed E-state index contributed by atoms with van der Waals surface area (Å²) in [5, 5.41) is 17.0. The molecule has 78 valence electrons. The van der Waals surface area contributed by atoms with Crippen molar-refractivity contribution in [3.8, 4) is 5.75 Å². The van der Waals surface area contributed by atoms with Gasteiger partial charge in [0, 0.05) is 11.1 Å². The van der Waals surface area contributed by atoms with Crippen LogP contribution < -0.4 is 0 Å². The molecule has 0 radical (unpaired) electrons. The average molecular weight is 206 g/mol. The van der Waals surface area contributed by atoms with Gasteiger partial charge in [-0.25, -0.2) is 0 Å². The van der Waals surface area contributed by atoms with Crippen LogP contribution in [-0.4, -0.2) is 26.7 Å². The van der Waals surface area contributed by atoms with Gasteiger partial charge in [0.2, 0.25) is 0 Å². The Morgan fingerprint density at radius 1 is 1.33 bits per heavy atom. The Labute approximate surface area is 86.0 Å². The number of carboxylic acid groups (broad SMARTS) is 1. The highest BCUT2D eigenvalue weighted by atomic mass is 16.3. The number of fused-ring (bicyclic) bond motifs is 1. The van der Waals surface area contributed by atoms with Crippen LogP contribution in [0, 0.1) is 6.92 Å². The van der Waals surface area contributed by atoms with Crippen LogP contribution in [0.3, 0.4) is 0 Å². The normalized spacial score (nSPS) is 9.13. The molecule has 0 amide bonds. The third-order valence-corrected chi connectivity index (χ3v) is 1.73. The molecule has 0 spiro atoms. The van der Waals surface area contributed by atoms with Gasteiger partial charge in [0.15, 0.2) is 0 Å². The maximum atomic E-state index is 9.36. The van der Waals surface area contributed by atoms with E-state index in [2.05, 4.69) is 9.97 Å². The van der Waals surface area contributed by atoms with Crippen LogP contribution in [0.1, 0.15) is 5.69 Å². The molecule has 0 bridgehead atoms. The molecule has 0 saturated heterocycles. The van der Waals surface area contributed by atoms with Gasteiger partial charge in [0.05, 0.1) is 17.9 Å². The first-order valence-electron chi connectivity index (χ1n) is 4.17. The fourth-order valence-electron chi connectivity index (χ4n) is 1.14. The number of carbonyl (C=O) groups is 1. The van der Waals surface area contributed by atoms with Gasteiger partial charge >= 0.3 is 0 Å². The molecule has 0 saturated carbocycles. The Hall–Kier alpha value is -2.17. The second-order valence-electron chi connectivity index (χ2n) is 2.78. The molecule has 2 N–H and O–H groups in total. The highest BCUT2D eigenvalue weighted by Gasteiger charge is 1.99. The molecule has 0 aliphatic heterocycles. The number of hydrogen-bond donors (Lipinski definition) is 2. The van der Waals surface area contributed by atoms with Gasteiger partial charge < -0.3 is 10.2 Å². The zero-order valence-electron chi connectivity index (χ0n) is 8.08. The van der Waals surface area contributed by atoms with E-state index in [1.165, 1.54) is 6.20 Å². The maximum absolute atomic E-state index is 9.36. The van der Waals surface area contributed by atoms with Gasteiger partial charge in [-0.3, -0.25) is 14.8 Å². The van der Waals surface area contributed by atoms with E-state index in [1.54, 1.807) is 6.20 Å². The molecule has 5 heteroatoms. The summed E-state index contributed by atoms with van der Waals surface area (Å²) in [4.78, 5) is 16.4. The smallest absolute Gasteiger partial charge is 0.290 e. The molecular formula is C10H10N2O3. The number of aromatic hydroxyl groups is 1. The van der Waals surface area contributed by atoms with E-state index in [-0.39, 0.29) is 12.2 Å². The van der Waals surface area contributed by atoms with Crippen molar-refractivity contribution in [3.05, 3.63) is 30.2 Å². The monoisotopic (exact) mass is 206 g/mol. The lowest BCUT2D eigenvalue weighted by Gasteiger charge is -1.99. The standard InChI is InChI=1S/C9H8N2O.CH2O2/c1-6-2-3-7-8(11-6)4-10-5-9(7)12;2-1-3/h2-5,12H,1H3;1H,(H,2,3). The summed E-state index contributed by atoms with van der Waals surface area (Å²) < 4.78 is 0. The van der Waals surface area contributed by atoms with Gasteiger partial charge in [0.1, 0.15) is 5.75 Å². The summed E-state index contributed by atoms with van der Waals surface area (Å²) in [6.07, 6.45) is 3.06. The third-order valence-electron chi connectivity index (χ3n) is 1.73. The summed E-state index contributed by atoms with van der Waals surface area (Å²) in [5.74, 6) is 0.181. The van der Waals surface area contributed by atoms with Gasteiger partial charge in [-0.15, -0.1) is 0 Å². The molecule has 0 fully saturated rings. The van der Waals surface area contributed by atoms with E-state index < -0.39 is 0 Å². The second-order valence-corrected chi connectivity index (χ2v) is 2.78. The van der Waals surface area contributed by atoms with Crippen LogP contribution in [0.4, 0.5) is 0 Å². The quantitative estimate of drug-likeness (QED) is 0.635. The Bertz CT molecular complexity index is 471. The van der Waals surface area contributed by atoms with E-state index in [0.717, 1.165) is 16.6 Å². The van der Waals surface area contributed by atoms with Crippen molar-refractivity contribution in [1.82, 2.24) is 9.97 Å². The predicted molar refractivity (Wildman–Crippen MR) is 54.6 cm³/mol. The minimum absolute atomic E-state index is 0.181. The molecule has 15 heavy (non-hydrogen) atoms. The van der Waals surface area contributed by atoms with Crippen LogP contribution in [0.2, 0.25) is 0 Å². The van der Waals surface area contributed by atoms with Crippen molar-refractivity contribution in [2.45, 2.75) is 6.92 Å². The summed E-state index contributed by atoms with van der Waals surface area (Å²) in [5.41, 5.74) is 1.66. The zero-order chi connectivity index (χ0) is 11.3.